The maximum Gasteiger partial charge on any atom is 0.335 e. The van der Waals surface area contributed by atoms with Crippen LogP contribution >= 0.6 is 15.9 Å². The van der Waals surface area contributed by atoms with Crippen LogP contribution in [0.4, 0.5) is 0 Å². The average Bonchev–Trinajstić information content (AvgIpc) is 2.47. The lowest BCUT2D eigenvalue weighted by molar-refractivity contribution is 0.0697. The SMILES string of the molecule is O=C(O)c1ccc(-c2ccc3cc(O)ccc3c2Br)cc1. The van der Waals surface area contributed by atoms with E-state index in [1.54, 1.807) is 36.4 Å². The molecule has 4 heteroatoms. The number of phenols is 1. The quantitative estimate of drug-likeness (QED) is 0.711. The molecule has 0 aliphatic heterocycles. The molecule has 0 spiro atoms. The molecule has 3 aromatic rings. The van der Waals surface area contributed by atoms with Gasteiger partial charge in [-0.25, -0.2) is 4.79 Å². The Kier molecular flexibility index (Phi) is 3.39. The molecule has 0 saturated heterocycles. The van der Waals surface area contributed by atoms with Crippen LogP contribution < -0.4 is 0 Å². The van der Waals surface area contributed by atoms with Gasteiger partial charge >= 0.3 is 5.97 Å². The van der Waals surface area contributed by atoms with Gasteiger partial charge in [-0.15, -0.1) is 0 Å². The molecular weight excluding hydrogens is 332 g/mol. The third kappa shape index (κ3) is 2.50. The Balaban J connectivity index is 2.14. The Hall–Kier alpha value is -2.33. The Bertz CT molecular complexity index is 839. The van der Waals surface area contributed by atoms with Crippen LogP contribution in [0.2, 0.25) is 0 Å². The molecule has 0 aromatic heterocycles. The molecule has 3 rings (SSSR count). The van der Waals surface area contributed by atoms with Gasteiger partial charge in [-0.2, -0.15) is 0 Å². The third-order valence-corrected chi connectivity index (χ3v) is 4.23. The molecule has 0 saturated carbocycles. The number of rotatable bonds is 2. The minimum Gasteiger partial charge on any atom is -0.508 e. The van der Waals surface area contributed by atoms with E-state index < -0.39 is 5.97 Å². The fourth-order valence-electron chi connectivity index (χ4n) is 2.29. The van der Waals surface area contributed by atoms with Gasteiger partial charge in [-0.1, -0.05) is 24.3 Å². The summed E-state index contributed by atoms with van der Waals surface area (Å²) in [5.41, 5.74) is 2.17. The van der Waals surface area contributed by atoms with E-state index >= 15 is 0 Å². The van der Waals surface area contributed by atoms with Gasteiger partial charge in [0.25, 0.3) is 0 Å². The molecule has 0 heterocycles. The van der Waals surface area contributed by atoms with Gasteiger partial charge in [0, 0.05) is 4.47 Å². The number of hydrogen-bond donors (Lipinski definition) is 2. The molecule has 2 N–H and O–H groups in total. The fraction of sp³-hybridized carbons (Fsp3) is 0. The van der Waals surface area contributed by atoms with Crippen molar-refractivity contribution in [3.05, 3.63) is 64.6 Å². The van der Waals surface area contributed by atoms with Crippen LogP contribution in [-0.2, 0) is 0 Å². The Labute approximate surface area is 129 Å². The van der Waals surface area contributed by atoms with Crippen molar-refractivity contribution in [2.24, 2.45) is 0 Å². The largest absolute Gasteiger partial charge is 0.508 e. The number of carboxylic acid groups (broad SMARTS) is 1. The van der Waals surface area contributed by atoms with E-state index in [4.69, 9.17) is 5.11 Å². The first-order chi connectivity index (χ1) is 10.1. The summed E-state index contributed by atoms with van der Waals surface area (Å²) in [6.45, 7) is 0. The van der Waals surface area contributed by atoms with E-state index in [1.807, 2.05) is 18.2 Å². The Morgan fingerprint density at radius 1 is 0.952 bits per heavy atom. The van der Waals surface area contributed by atoms with E-state index in [2.05, 4.69) is 15.9 Å². The zero-order valence-electron chi connectivity index (χ0n) is 10.9. The van der Waals surface area contributed by atoms with Crippen molar-refractivity contribution in [2.75, 3.05) is 0 Å². The van der Waals surface area contributed by atoms with E-state index in [-0.39, 0.29) is 11.3 Å². The molecule has 0 aliphatic carbocycles. The van der Waals surface area contributed by atoms with Crippen LogP contribution in [0, 0.1) is 0 Å². The van der Waals surface area contributed by atoms with Crippen LogP contribution in [0.25, 0.3) is 21.9 Å². The highest BCUT2D eigenvalue weighted by molar-refractivity contribution is 9.10. The smallest absolute Gasteiger partial charge is 0.335 e. The summed E-state index contributed by atoms with van der Waals surface area (Å²) in [6, 6.07) is 15.8. The van der Waals surface area contributed by atoms with E-state index in [1.165, 1.54) is 0 Å². The van der Waals surface area contributed by atoms with Crippen LogP contribution in [-0.4, -0.2) is 16.2 Å². The minimum atomic E-state index is -0.936. The molecule has 0 fully saturated rings. The summed E-state index contributed by atoms with van der Waals surface area (Å²) in [7, 11) is 0. The molecule has 0 aliphatic rings. The van der Waals surface area contributed by atoms with E-state index in [0.717, 1.165) is 26.4 Å². The van der Waals surface area contributed by atoms with Crippen molar-refractivity contribution < 1.29 is 15.0 Å². The molecule has 0 atom stereocenters. The van der Waals surface area contributed by atoms with Gasteiger partial charge in [0.1, 0.15) is 5.75 Å². The molecule has 0 unspecified atom stereocenters. The van der Waals surface area contributed by atoms with Crippen molar-refractivity contribution in [2.45, 2.75) is 0 Å². The lowest BCUT2D eigenvalue weighted by Crippen LogP contribution is -1.95. The van der Waals surface area contributed by atoms with Crippen LogP contribution in [0.3, 0.4) is 0 Å². The fourth-order valence-corrected chi connectivity index (χ4v) is 3.02. The predicted octanol–water partition coefficient (Wildman–Crippen LogP) is 4.67. The predicted molar refractivity (Wildman–Crippen MR) is 85.7 cm³/mol. The number of benzene rings is 3. The summed E-state index contributed by atoms with van der Waals surface area (Å²) < 4.78 is 0.920. The lowest BCUT2D eigenvalue weighted by atomic mass is 10.00. The van der Waals surface area contributed by atoms with Gasteiger partial charge in [-0.3, -0.25) is 0 Å². The topological polar surface area (TPSA) is 57.5 Å². The summed E-state index contributed by atoms with van der Waals surface area (Å²) in [5, 5.41) is 20.4. The average molecular weight is 343 g/mol. The van der Waals surface area contributed by atoms with Gasteiger partial charge in [0.15, 0.2) is 0 Å². The first-order valence-corrected chi connectivity index (χ1v) is 7.10. The standard InChI is InChI=1S/C17H11BrO3/c18-16-14(10-1-3-11(4-2-10)17(20)21)7-5-12-9-13(19)6-8-15(12)16/h1-9,19H,(H,20,21). The molecule has 3 aromatic carbocycles. The molecule has 0 bridgehead atoms. The molecule has 21 heavy (non-hydrogen) atoms. The normalized spacial score (nSPS) is 10.7. The highest BCUT2D eigenvalue weighted by atomic mass is 79.9. The maximum atomic E-state index is 10.9. The molecule has 0 radical (unpaired) electrons. The van der Waals surface area contributed by atoms with Gasteiger partial charge < -0.3 is 10.2 Å². The third-order valence-electron chi connectivity index (χ3n) is 3.38. The number of hydrogen-bond acceptors (Lipinski definition) is 2. The second-order valence-electron chi connectivity index (χ2n) is 4.72. The first kappa shape index (κ1) is 13.6. The van der Waals surface area contributed by atoms with Crippen LogP contribution in [0.1, 0.15) is 10.4 Å². The summed E-state index contributed by atoms with van der Waals surface area (Å²) >= 11 is 3.59. The zero-order chi connectivity index (χ0) is 15.0. The minimum absolute atomic E-state index is 0.230. The zero-order valence-corrected chi connectivity index (χ0v) is 12.5. The molecular formula is C17H11BrO3. The number of fused-ring (bicyclic) bond motifs is 1. The van der Waals surface area contributed by atoms with Gasteiger partial charge in [0.2, 0.25) is 0 Å². The van der Waals surface area contributed by atoms with E-state index in [9.17, 15) is 9.90 Å². The maximum absolute atomic E-state index is 10.9. The number of carbonyl (C=O) groups is 1. The monoisotopic (exact) mass is 342 g/mol. The Morgan fingerprint density at radius 2 is 1.67 bits per heavy atom. The van der Waals surface area contributed by atoms with Crippen molar-refractivity contribution in [1.29, 1.82) is 0 Å². The van der Waals surface area contributed by atoms with E-state index in [0.29, 0.717) is 0 Å². The molecule has 104 valence electrons. The van der Waals surface area contributed by atoms with Crippen molar-refractivity contribution in [3.8, 4) is 16.9 Å². The molecule has 3 nitrogen and oxygen atoms in total. The summed E-state index contributed by atoms with van der Waals surface area (Å²) in [5.74, 6) is -0.706. The summed E-state index contributed by atoms with van der Waals surface area (Å²) in [4.78, 5) is 10.9. The van der Waals surface area contributed by atoms with Crippen LogP contribution in [0.15, 0.2) is 59.1 Å². The molecule has 0 amide bonds. The second kappa shape index (κ2) is 5.22. The second-order valence-corrected chi connectivity index (χ2v) is 5.51. The number of aromatic carboxylic acids is 1. The van der Waals surface area contributed by atoms with Crippen molar-refractivity contribution in [3.63, 3.8) is 0 Å². The van der Waals surface area contributed by atoms with Crippen LogP contribution in [0.5, 0.6) is 5.75 Å². The van der Waals surface area contributed by atoms with Gasteiger partial charge in [0.05, 0.1) is 5.56 Å². The lowest BCUT2D eigenvalue weighted by Gasteiger charge is -2.09. The number of carboxylic acids is 1. The van der Waals surface area contributed by atoms with Gasteiger partial charge in [-0.05, 0) is 68.2 Å². The van der Waals surface area contributed by atoms with Crippen molar-refractivity contribution in [1.82, 2.24) is 0 Å². The highest BCUT2D eigenvalue weighted by Gasteiger charge is 2.09. The van der Waals surface area contributed by atoms with Crippen molar-refractivity contribution >= 4 is 32.7 Å². The number of phenolic OH excluding ortho intramolecular Hbond substituents is 1. The number of halogens is 1. The summed E-state index contributed by atoms with van der Waals surface area (Å²) in [6.07, 6.45) is 0. The highest BCUT2D eigenvalue weighted by Crippen LogP contribution is 2.35. The first-order valence-electron chi connectivity index (χ1n) is 6.31. The Morgan fingerprint density at radius 3 is 2.33 bits per heavy atom. The number of aromatic hydroxyl groups is 1.